The van der Waals surface area contributed by atoms with E-state index in [0.29, 0.717) is 33.8 Å². The molecular formula is C28H26N8O3S2. The van der Waals surface area contributed by atoms with Gasteiger partial charge in [-0.3, -0.25) is 19.6 Å². The molecule has 13 heteroatoms. The van der Waals surface area contributed by atoms with Crippen molar-refractivity contribution in [2.75, 3.05) is 39.4 Å². The van der Waals surface area contributed by atoms with Gasteiger partial charge in [0.2, 0.25) is 10.3 Å². The van der Waals surface area contributed by atoms with E-state index in [1.54, 1.807) is 23.7 Å². The Labute approximate surface area is 243 Å². The highest BCUT2D eigenvalue weighted by Crippen LogP contribution is 2.30. The minimum atomic E-state index is -0.367. The molecule has 6 rings (SSSR count). The lowest BCUT2D eigenvalue weighted by molar-refractivity contribution is 0.0383. The maximum Gasteiger partial charge on any atom is 0.301 e. The summed E-state index contributed by atoms with van der Waals surface area (Å²) in [6.07, 6.45) is 1.63. The van der Waals surface area contributed by atoms with Crippen molar-refractivity contribution in [3.05, 3.63) is 87.5 Å². The molecule has 2 N–H and O–H groups in total. The molecule has 1 saturated heterocycles. The fourth-order valence-electron chi connectivity index (χ4n) is 4.37. The van der Waals surface area contributed by atoms with Gasteiger partial charge in [0, 0.05) is 59.8 Å². The molecule has 41 heavy (non-hydrogen) atoms. The van der Waals surface area contributed by atoms with Crippen LogP contribution in [0.2, 0.25) is 0 Å². The highest BCUT2D eigenvalue weighted by atomic mass is 32.1. The van der Waals surface area contributed by atoms with Gasteiger partial charge in [-0.05, 0) is 12.1 Å². The molecule has 1 fully saturated rings. The SMILES string of the molecule is O=C(NCCN1CCOCC1)c1ccc(-c2csc(-n3[nH]c(-c4ccccc4)c(N=Nc4nccs4)c3=O)n2)cc1. The standard InChI is InChI=1S/C28H26N8O3S2/c37-25(29-10-12-35-13-15-39-16-14-35)21-8-6-19(7-9-21)22-18-41-28(31-22)36-26(38)24(32-33-27-30-11-17-40-27)23(34-36)20-4-2-1-3-5-20/h1-9,11,17-18,34H,10,12-16H2,(H,29,37). The summed E-state index contributed by atoms with van der Waals surface area (Å²) in [7, 11) is 0. The van der Waals surface area contributed by atoms with Crippen molar-refractivity contribution >= 4 is 39.4 Å². The number of nitrogens with zero attached hydrogens (tertiary/aromatic N) is 6. The molecule has 0 bridgehead atoms. The van der Waals surface area contributed by atoms with Crippen LogP contribution in [0.5, 0.6) is 0 Å². The van der Waals surface area contributed by atoms with Gasteiger partial charge in [0.1, 0.15) is 0 Å². The molecule has 4 heterocycles. The highest BCUT2D eigenvalue weighted by Gasteiger charge is 2.19. The first kappa shape index (κ1) is 26.9. The third kappa shape index (κ3) is 6.23. The van der Waals surface area contributed by atoms with E-state index in [0.717, 1.165) is 44.0 Å². The minimum absolute atomic E-state index is 0.116. The average Bonchev–Trinajstić information content (AvgIpc) is 3.78. The van der Waals surface area contributed by atoms with Gasteiger partial charge in [-0.15, -0.1) is 32.9 Å². The van der Waals surface area contributed by atoms with Gasteiger partial charge in [-0.1, -0.05) is 42.5 Å². The number of hydrogen-bond acceptors (Lipinski definition) is 10. The van der Waals surface area contributed by atoms with Crippen molar-refractivity contribution in [2.45, 2.75) is 0 Å². The zero-order valence-electron chi connectivity index (χ0n) is 21.9. The number of ether oxygens (including phenoxy) is 1. The van der Waals surface area contributed by atoms with Gasteiger partial charge < -0.3 is 10.1 Å². The Morgan fingerprint density at radius 3 is 2.59 bits per heavy atom. The van der Waals surface area contributed by atoms with E-state index in [1.807, 2.05) is 47.8 Å². The summed E-state index contributed by atoms with van der Waals surface area (Å²) in [6.45, 7) is 4.63. The molecular weight excluding hydrogens is 560 g/mol. The van der Waals surface area contributed by atoms with E-state index in [9.17, 15) is 9.59 Å². The lowest BCUT2D eigenvalue weighted by Gasteiger charge is -2.26. The normalized spacial score (nSPS) is 14.0. The van der Waals surface area contributed by atoms with Crippen LogP contribution in [0, 0.1) is 0 Å². The molecule has 1 aliphatic heterocycles. The highest BCUT2D eigenvalue weighted by molar-refractivity contribution is 7.13. The molecule has 1 amide bonds. The van der Waals surface area contributed by atoms with E-state index < -0.39 is 0 Å². The number of hydrogen-bond donors (Lipinski definition) is 2. The molecule has 0 atom stereocenters. The van der Waals surface area contributed by atoms with Crippen LogP contribution in [-0.4, -0.2) is 69.9 Å². The number of rotatable bonds is 9. The number of nitrogens with one attached hydrogen (secondary N) is 2. The zero-order chi connectivity index (χ0) is 28.0. The molecule has 11 nitrogen and oxygen atoms in total. The fourth-order valence-corrected chi connectivity index (χ4v) is 5.61. The number of amides is 1. The number of aromatic nitrogens is 4. The van der Waals surface area contributed by atoms with E-state index in [1.165, 1.54) is 27.4 Å². The quantitative estimate of drug-likeness (QED) is 0.237. The molecule has 5 aromatic rings. The Kier molecular flexibility index (Phi) is 8.18. The summed E-state index contributed by atoms with van der Waals surface area (Å²) in [5, 5.41) is 19.1. The first-order valence-electron chi connectivity index (χ1n) is 13.0. The predicted molar refractivity (Wildman–Crippen MR) is 159 cm³/mol. The third-order valence-corrected chi connectivity index (χ3v) is 8.01. The van der Waals surface area contributed by atoms with Crippen LogP contribution in [-0.2, 0) is 4.74 Å². The van der Waals surface area contributed by atoms with Gasteiger partial charge in [-0.25, -0.2) is 9.97 Å². The Bertz CT molecular complexity index is 1690. The minimum Gasteiger partial charge on any atom is -0.379 e. The average molecular weight is 587 g/mol. The van der Waals surface area contributed by atoms with Crippen LogP contribution >= 0.6 is 22.7 Å². The number of azo groups is 1. The molecule has 0 spiro atoms. The maximum atomic E-state index is 13.4. The van der Waals surface area contributed by atoms with E-state index >= 15 is 0 Å². The number of carbonyl (C=O) groups excluding carboxylic acids is 1. The van der Waals surface area contributed by atoms with Crippen LogP contribution < -0.4 is 10.9 Å². The van der Waals surface area contributed by atoms with Gasteiger partial charge >= 0.3 is 5.56 Å². The second kappa shape index (κ2) is 12.5. The predicted octanol–water partition coefficient (Wildman–Crippen LogP) is 4.89. The van der Waals surface area contributed by atoms with Gasteiger partial charge in [0.15, 0.2) is 5.69 Å². The van der Waals surface area contributed by atoms with Gasteiger partial charge in [0.05, 0.1) is 24.6 Å². The van der Waals surface area contributed by atoms with Crippen LogP contribution in [0.3, 0.4) is 0 Å². The first-order valence-corrected chi connectivity index (χ1v) is 14.8. The summed E-state index contributed by atoms with van der Waals surface area (Å²) in [5.41, 5.74) is 3.25. The molecule has 208 valence electrons. The number of thiazole rings is 2. The second-order valence-corrected chi connectivity index (χ2v) is 10.9. The van der Waals surface area contributed by atoms with Gasteiger partial charge in [0.25, 0.3) is 5.91 Å². The Balaban J connectivity index is 1.19. The van der Waals surface area contributed by atoms with Crippen molar-refractivity contribution in [1.29, 1.82) is 0 Å². The molecule has 3 aromatic heterocycles. The number of aromatic amines is 1. The number of benzene rings is 2. The Hall–Kier alpha value is -4.30. The van der Waals surface area contributed by atoms with Crippen molar-refractivity contribution < 1.29 is 9.53 Å². The van der Waals surface area contributed by atoms with E-state index in [2.05, 4.69) is 30.5 Å². The smallest absolute Gasteiger partial charge is 0.301 e. The zero-order valence-corrected chi connectivity index (χ0v) is 23.5. The number of H-pyrrole nitrogens is 1. The third-order valence-electron chi connectivity index (χ3n) is 6.53. The van der Waals surface area contributed by atoms with E-state index in [4.69, 9.17) is 9.72 Å². The molecule has 0 aliphatic carbocycles. The first-order chi connectivity index (χ1) is 20.2. The van der Waals surface area contributed by atoms with Crippen molar-refractivity contribution in [3.63, 3.8) is 0 Å². The Morgan fingerprint density at radius 1 is 1.02 bits per heavy atom. The maximum absolute atomic E-state index is 13.4. The largest absolute Gasteiger partial charge is 0.379 e. The van der Waals surface area contributed by atoms with Crippen LogP contribution in [0.25, 0.3) is 27.6 Å². The number of carbonyl (C=O) groups is 1. The van der Waals surface area contributed by atoms with E-state index in [-0.39, 0.29) is 17.2 Å². The molecule has 0 saturated carbocycles. The molecule has 1 aliphatic rings. The fraction of sp³-hybridized carbons (Fsp3) is 0.214. The van der Waals surface area contributed by atoms with Gasteiger partial charge in [-0.2, -0.15) is 4.68 Å². The summed E-state index contributed by atoms with van der Waals surface area (Å²) in [6, 6.07) is 16.8. The summed E-state index contributed by atoms with van der Waals surface area (Å²) in [5.74, 6) is -0.116. The monoisotopic (exact) mass is 586 g/mol. The summed E-state index contributed by atoms with van der Waals surface area (Å²) < 4.78 is 6.74. The summed E-state index contributed by atoms with van der Waals surface area (Å²) in [4.78, 5) is 37.1. The van der Waals surface area contributed by atoms with Crippen LogP contribution in [0.15, 0.2) is 86.6 Å². The molecule has 0 unspecified atom stereocenters. The number of morpholine rings is 1. The topological polar surface area (TPSA) is 130 Å². The van der Waals surface area contributed by atoms with Crippen molar-refractivity contribution in [2.24, 2.45) is 10.2 Å². The van der Waals surface area contributed by atoms with Crippen LogP contribution in [0.1, 0.15) is 10.4 Å². The Morgan fingerprint density at radius 2 is 1.83 bits per heavy atom. The second-order valence-electron chi connectivity index (χ2n) is 9.16. The lowest BCUT2D eigenvalue weighted by atomic mass is 10.1. The van der Waals surface area contributed by atoms with Crippen molar-refractivity contribution in [1.82, 2.24) is 30.0 Å². The van der Waals surface area contributed by atoms with Crippen molar-refractivity contribution in [3.8, 4) is 27.6 Å². The molecule has 2 aromatic carbocycles. The summed E-state index contributed by atoms with van der Waals surface area (Å²) >= 11 is 2.66. The lowest BCUT2D eigenvalue weighted by Crippen LogP contribution is -2.41. The van der Waals surface area contributed by atoms with Crippen LogP contribution in [0.4, 0.5) is 10.8 Å². The molecule has 0 radical (unpaired) electrons.